The highest BCUT2D eigenvalue weighted by Gasteiger charge is 2.29. The van der Waals surface area contributed by atoms with Crippen LogP contribution in [0.25, 0.3) is 10.9 Å². The first-order valence-electron chi connectivity index (χ1n) is 9.79. The lowest BCUT2D eigenvalue weighted by atomic mass is 10.0. The summed E-state index contributed by atoms with van der Waals surface area (Å²) >= 11 is 0. The van der Waals surface area contributed by atoms with Crippen LogP contribution in [0.2, 0.25) is 0 Å². The highest BCUT2D eigenvalue weighted by Crippen LogP contribution is 2.28. The quantitative estimate of drug-likeness (QED) is 0.692. The van der Waals surface area contributed by atoms with Gasteiger partial charge in [-0.3, -0.25) is 9.88 Å². The van der Waals surface area contributed by atoms with Gasteiger partial charge in [-0.2, -0.15) is 0 Å². The first-order valence-corrected chi connectivity index (χ1v) is 9.79. The molecule has 0 aliphatic carbocycles. The molecule has 1 fully saturated rings. The molecule has 2 heterocycles. The van der Waals surface area contributed by atoms with Gasteiger partial charge in [-0.15, -0.1) is 0 Å². The van der Waals surface area contributed by atoms with Crippen molar-refractivity contribution >= 4 is 10.9 Å². The third kappa shape index (κ3) is 4.44. The van der Waals surface area contributed by atoms with E-state index in [0.29, 0.717) is 13.1 Å². The van der Waals surface area contributed by atoms with E-state index in [-0.39, 0.29) is 6.10 Å². The fourth-order valence-corrected chi connectivity index (χ4v) is 3.80. The normalized spacial score (nSPS) is 19.8. The number of nitrogens with zero attached hydrogens (tertiary/aromatic N) is 2. The van der Waals surface area contributed by atoms with Crippen molar-refractivity contribution in [3.8, 4) is 17.2 Å². The van der Waals surface area contributed by atoms with E-state index in [1.165, 1.54) is 0 Å². The zero-order chi connectivity index (χ0) is 20.2. The van der Waals surface area contributed by atoms with Gasteiger partial charge in [-0.1, -0.05) is 6.07 Å². The summed E-state index contributed by atoms with van der Waals surface area (Å²) in [7, 11) is 3.32. The molecule has 1 saturated heterocycles. The van der Waals surface area contributed by atoms with Crippen molar-refractivity contribution in [2.75, 3.05) is 27.3 Å². The zero-order valence-electron chi connectivity index (χ0n) is 16.7. The van der Waals surface area contributed by atoms with Gasteiger partial charge in [0.2, 0.25) is 0 Å². The molecular weight excluding hydrogens is 368 g/mol. The molecule has 0 spiro atoms. The van der Waals surface area contributed by atoms with Crippen LogP contribution in [0.15, 0.2) is 54.7 Å². The Hall–Kier alpha value is -2.83. The summed E-state index contributed by atoms with van der Waals surface area (Å²) in [5.74, 6) is 2.36. The third-order valence-corrected chi connectivity index (χ3v) is 5.35. The molecule has 2 atom stereocenters. The Kier molecular flexibility index (Phi) is 5.83. The van der Waals surface area contributed by atoms with Crippen LogP contribution in [-0.2, 0) is 6.54 Å². The van der Waals surface area contributed by atoms with Crippen LogP contribution >= 0.6 is 0 Å². The summed E-state index contributed by atoms with van der Waals surface area (Å²) in [5.41, 5.74) is 1.93. The number of rotatable bonds is 6. The van der Waals surface area contributed by atoms with Crippen LogP contribution < -0.4 is 14.2 Å². The Morgan fingerprint density at radius 2 is 1.93 bits per heavy atom. The predicted molar refractivity (Wildman–Crippen MR) is 112 cm³/mol. The lowest BCUT2D eigenvalue weighted by Crippen LogP contribution is -2.48. The van der Waals surface area contributed by atoms with Crippen molar-refractivity contribution < 1.29 is 19.3 Å². The lowest BCUT2D eigenvalue weighted by molar-refractivity contribution is -0.0275. The molecule has 1 N–H and O–H groups in total. The van der Waals surface area contributed by atoms with Crippen LogP contribution in [0.3, 0.4) is 0 Å². The van der Waals surface area contributed by atoms with Gasteiger partial charge in [0.1, 0.15) is 29.5 Å². The first kappa shape index (κ1) is 19.5. The van der Waals surface area contributed by atoms with Crippen LogP contribution in [-0.4, -0.2) is 54.5 Å². The van der Waals surface area contributed by atoms with Gasteiger partial charge in [0.05, 0.1) is 19.7 Å². The smallest absolute Gasteiger partial charge is 0.127 e. The summed E-state index contributed by atoms with van der Waals surface area (Å²) in [5, 5.41) is 11.8. The number of pyridine rings is 1. The summed E-state index contributed by atoms with van der Waals surface area (Å²) in [6.45, 7) is 2.05. The van der Waals surface area contributed by atoms with Crippen molar-refractivity contribution in [1.29, 1.82) is 0 Å². The SMILES string of the molecule is COc1ccc(OC)c(CN2CC[C@@H](Oc3ccc4cccnc4c3)[C@H](O)C2)c1. The molecule has 0 amide bonds. The summed E-state index contributed by atoms with van der Waals surface area (Å²) in [4.78, 5) is 6.58. The second-order valence-corrected chi connectivity index (χ2v) is 7.28. The Labute approximate surface area is 170 Å². The van der Waals surface area contributed by atoms with E-state index >= 15 is 0 Å². The molecule has 0 unspecified atom stereocenters. The Balaban J connectivity index is 1.40. The van der Waals surface area contributed by atoms with E-state index in [0.717, 1.165) is 46.7 Å². The lowest BCUT2D eigenvalue weighted by Gasteiger charge is -2.36. The van der Waals surface area contributed by atoms with Crippen LogP contribution in [0, 0.1) is 0 Å². The van der Waals surface area contributed by atoms with Crippen LogP contribution in [0.4, 0.5) is 0 Å². The highest BCUT2D eigenvalue weighted by molar-refractivity contribution is 5.79. The van der Waals surface area contributed by atoms with Gasteiger partial charge in [-0.25, -0.2) is 0 Å². The number of ether oxygens (including phenoxy) is 3. The van der Waals surface area contributed by atoms with Gasteiger partial charge in [0.25, 0.3) is 0 Å². The molecule has 0 bridgehead atoms. The number of aromatic nitrogens is 1. The van der Waals surface area contributed by atoms with E-state index in [1.54, 1.807) is 20.4 Å². The average molecular weight is 394 g/mol. The maximum absolute atomic E-state index is 10.7. The molecule has 2 aromatic carbocycles. The monoisotopic (exact) mass is 394 g/mol. The number of hydrogen-bond acceptors (Lipinski definition) is 6. The second-order valence-electron chi connectivity index (χ2n) is 7.28. The van der Waals surface area contributed by atoms with E-state index in [1.807, 2.05) is 48.5 Å². The minimum atomic E-state index is -0.570. The van der Waals surface area contributed by atoms with Gasteiger partial charge >= 0.3 is 0 Å². The zero-order valence-corrected chi connectivity index (χ0v) is 16.7. The standard InChI is InChI=1S/C23H26N2O4/c1-27-18-7-8-22(28-2)17(12-18)14-25-11-9-23(21(26)15-25)29-19-6-5-16-4-3-10-24-20(16)13-19/h3-8,10,12-13,21,23,26H,9,11,14-15H2,1-2H3/t21-,23-/m1/s1. The fourth-order valence-electron chi connectivity index (χ4n) is 3.80. The highest BCUT2D eigenvalue weighted by atomic mass is 16.5. The number of fused-ring (bicyclic) bond motifs is 1. The van der Waals surface area contributed by atoms with Crippen molar-refractivity contribution in [1.82, 2.24) is 9.88 Å². The van der Waals surface area contributed by atoms with Crippen LogP contribution in [0.1, 0.15) is 12.0 Å². The van der Waals surface area contributed by atoms with Crippen molar-refractivity contribution in [3.05, 3.63) is 60.3 Å². The molecule has 29 heavy (non-hydrogen) atoms. The molecule has 152 valence electrons. The number of aliphatic hydroxyl groups is 1. The number of methoxy groups -OCH3 is 2. The summed E-state index contributed by atoms with van der Waals surface area (Å²) in [6, 6.07) is 15.6. The van der Waals surface area contributed by atoms with E-state index in [9.17, 15) is 5.11 Å². The average Bonchev–Trinajstić information content (AvgIpc) is 2.75. The van der Waals surface area contributed by atoms with E-state index < -0.39 is 6.10 Å². The number of aliphatic hydroxyl groups excluding tert-OH is 1. The van der Waals surface area contributed by atoms with Gasteiger partial charge in [0, 0.05) is 42.8 Å². The van der Waals surface area contributed by atoms with Crippen molar-refractivity contribution in [3.63, 3.8) is 0 Å². The predicted octanol–water partition coefficient (Wildman–Crippen LogP) is 3.27. The van der Waals surface area contributed by atoms with E-state index in [4.69, 9.17) is 14.2 Å². The largest absolute Gasteiger partial charge is 0.497 e. The first-order chi connectivity index (χ1) is 14.2. The number of piperidine rings is 1. The molecule has 0 saturated carbocycles. The second kappa shape index (κ2) is 8.68. The Morgan fingerprint density at radius 3 is 2.72 bits per heavy atom. The fraction of sp³-hybridized carbons (Fsp3) is 0.348. The van der Waals surface area contributed by atoms with E-state index in [2.05, 4.69) is 9.88 Å². The van der Waals surface area contributed by atoms with Crippen molar-refractivity contribution in [2.45, 2.75) is 25.2 Å². The molecule has 1 aromatic heterocycles. The molecule has 6 nitrogen and oxygen atoms in total. The third-order valence-electron chi connectivity index (χ3n) is 5.35. The molecule has 0 radical (unpaired) electrons. The van der Waals surface area contributed by atoms with Crippen LogP contribution in [0.5, 0.6) is 17.2 Å². The summed E-state index contributed by atoms with van der Waals surface area (Å²) < 4.78 is 16.9. The molecular formula is C23H26N2O4. The summed E-state index contributed by atoms with van der Waals surface area (Å²) in [6.07, 6.45) is 1.71. The van der Waals surface area contributed by atoms with Gasteiger partial charge in [0.15, 0.2) is 0 Å². The molecule has 3 aromatic rings. The molecule has 4 rings (SSSR count). The van der Waals surface area contributed by atoms with Gasteiger partial charge < -0.3 is 19.3 Å². The number of hydrogen-bond donors (Lipinski definition) is 1. The van der Waals surface area contributed by atoms with Gasteiger partial charge in [-0.05, 0) is 42.8 Å². The van der Waals surface area contributed by atoms with Crippen molar-refractivity contribution in [2.24, 2.45) is 0 Å². The molecule has 6 heteroatoms. The maximum atomic E-state index is 10.7. The molecule has 1 aliphatic rings. The maximum Gasteiger partial charge on any atom is 0.127 e. The minimum absolute atomic E-state index is 0.236. The number of β-amino-alcohol motifs (C(OH)–C–C–N with tert-alkyl or cyclic N) is 1. The number of benzene rings is 2. The topological polar surface area (TPSA) is 64.1 Å². The number of likely N-dealkylation sites (tertiary alicyclic amines) is 1. The Morgan fingerprint density at radius 1 is 1.07 bits per heavy atom. The Bertz CT molecular complexity index is 978. The molecule has 1 aliphatic heterocycles. The minimum Gasteiger partial charge on any atom is -0.497 e.